The van der Waals surface area contributed by atoms with Crippen LogP contribution in [0, 0.1) is 6.92 Å². The molecule has 2 heteroatoms. The predicted octanol–water partition coefficient (Wildman–Crippen LogP) is 10.6. The molecule has 0 amide bonds. The van der Waals surface area contributed by atoms with Gasteiger partial charge in [0.05, 0.1) is 0 Å². The first kappa shape index (κ1) is 27.8. The molecule has 2 nitrogen and oxygen atoms in total. The van der Waals surface area contributed by atoms with E-state index in [0.29, 0.717) is 0 Å². The number of anilines is 4. The van der Waals surface area contributed by atoms with Gasteiger partial charge in [0.1, 0.15) is 0 Å². The highest BCUT2D eigenvalue weighted by atomic mass is 15.1. The molecule has 1 aliphatic rings. The van der Waals surface area contributed by atoms with Crippen LogP contribution in [-0.2, 0) is 16.2 Å². The molecule has 0 saturated heterocycles. The molecule has 3 aromatic rings. The van der Waals surface area contributed by atoms with Crippen LogP contribution in [0.5, 0.6) is 0 Å². The zero-order valence-electron chi connectivity index (χ0n) is 25.0. The van der Waals surface area contributed by atoms with Crippen LogP contribution in [0.25, 0.3) is 0 Å². The highest BCUT2D eigenvalue weighted by molar-refractivity contribution is 5.80. The second-order valence-electron chi connectivity index (χ2n) is 13.3. The molecular weight excluding hydrogens is 460 g/mol. The lowest BCUT2D eigenvalue weighted by molar-refractivity contribution is 0.332. The Morgan fingerprint density at radius 3 is 2.03 bits per heavy atom. The van der Waals surface area contributed by atoms with E-state index in [4.69, 9.17) is 0 Å². The average Bonchev–Trinajstić information content (AvgIpc) is 2.82. The predicted molar refractivity (Wildman–Crippen MR) is 167 cm³/mol. The van der Waals surface area contributed by atoms with Crippen molar-refractivity contribution in [3.05, 3.63) is 107 Å². The molecule has 0 aliphatic heterocycles. The Hall–Kier alpha value is -3.26. The monoisotopic (exact) mass is 506 g/mol. The Morgan fingerprint density at radius 1 is 0.816 bits per heavy atom. The zero-order chi connectivity index (χ0) is 27.9. The van der Waals surface area contributed by atoms with Gasteiger partial charge in [-0.15, -0.1) is 0 Å². The van der Waals surface area contributed by atoms with Crippen LogP contribution in [0.3, 0.4) is 0 Å². The van der Waals surface area contributed by atoms with Crippen molar-refractivity contribution in [2.75, 3.05) is 10.2 Å². The molecule has 0 fully saturated rings. The van der Waals surface area contributed by atoms with Crippen LogP contribution in [0.2, 0.25) is 0 Å². The van der Waals surface area contributed by atoms with Crippen LogP contribution in [0.4, 0.5) is 22.7 Å². The molecule has 0 heterocycles. The van der Waals surface area contributed by atoms with Crippen LogP contribution in [-0.4, -0.2) is 0 Å². The second kappa shape index (κ2) is 10.1. The zero-order valence-corrected chi connectivity index (χ0v) is 25.0. The minimum Gasteiger partial charge on any atom is -0.356 e. The number of rotatable bonds is 6. The number of aryl methyl sites for hydroxylation is 1. The Balaban J connectivity index is 1.90. The highest BCUT2D eigenvalue weighted by Crippen LogP contribution is 2.48. The third-order valence-electron chi connectivity index (χ3n) is 8.08. The Labute approximate surface area is 231 Å². The van der Waals surface area contributed by atoms with Gasteiger partial charge in [0.15, 0.2) is 0 Å². The summed E-state index contributed by atoms with van der Waals surface area (Å²) in [6.07, 6.45) is 6.42. The van der Waals surface area contributed by atoms with Gasteiger partial charge in [0, 0.05) is 28.4 Å². The molecule has 0 unspecified atom stereocenters. The van der Waals surface area contributed by atoms with Crippen molar-refractivity contribution < 1.29 is 0 Å². The van der Waals surface area contributed by atoms with Gasteiger partial charge in [-0.25, -0.2) is 0 Å². The fraction of sp³-hybridized carbons (Fsp3) is 0.389. The number of allylic oxidation sites excluding steroid dienone is 2. The number of benzene rings is 3. The minimum absolute atomic E-state index is 0.109. The first-order valence-electron chi connectivity index (χ1n) is 14.0. The molecule has 0 saturated carbocycles. The molecular formula is C36H46N2. The van der Waals surface area contributed by atoms with Gasteiger partial charge in [0.2, 0.25) is 0 Å². The molecule has 38 heavy (non-hydrogen) atoms. The standard InChI is InChI=1S/C36H46N2/c1-11-12-26(3)37-28-21-25(2)22-31(23-28)38(29-15-13-27(14-16-29)34(4,5)6)30-17-18-32-33(24-30)36(9,10)20-19-35(32,7)8/h11-18,21-24,37H,3,19-20H2,1-2,4-10H3/b12-11-. The SMILES string of the molecule is C=C(/C=C\C)Nc1cc(C)cc(N(c2ccc(C(C)(C)C)cc2)c2ccc3c(c2)C(C)(C)CCC3(C)C)c1. The summed E-state index contributed by atoms with van der Waals surface area (Å²) in [4.78, 5) is 2.40. The summed E-state index contributed by atoms with van der Waals surface area (Å²) in [5.41, 5.74) is 11.3. The van der Waals surface area contributed by atoms with E-state index in [1.807, 2.05) is 19.1 Å². The lowest BCUT2D eigenvalue weighted by atomic mass is 9.63. The van der Waals surface area contributed by atoms with Crippen molar-refractivity contribution in [2.24, 2.45) is 0 Å². The quantitative estimate of drug-likeness (QED) is 0.334. The van der Waals surface area contributed by atoms with Crippen LogP contribution < -0.4 is 10.2 Å². The van der Waals surface area contributed by atoms with E-state index in [-0.39, 0.29) is 16.2 Å². The molecule has 4 rings (SSSR count). The summed E-state index contributed by atoms with van der Waals surface area (Å²) in [7, 11) is 0. The molecule has 0 atom stereocenters. The molecule has 1 N–H and O–H groups in total. The number of fused-ring (bicyclic) bond motifs is 1. The van der Waals surface area contributed by atoms with Gasteiger partial charge in [0.25, 0.3) is 0 Å². The van der Waals surface area contributed by atoms with E-state index in [1.165, 1.54) is 40.8 Å². The topological polar surface area (TPSA) is 15.3 Å². The van der Waals surface area contributed by atoms with Crippen molar-refractivity contribution >= 4 is 22.7 Å². The lowest BCUT2D eigenvalue weighted by Crippen LogP contribution is -2.34. The van der Waals surface area contributed by atoms with Crippen molar-refractivity contribution in [1.29, 1.82) is 0 Å². The Bertz CT molecular complexity index is 1350. The third kappa shape index (κ3) is 5.75. The largest absolute Gasteiger partial charge is 0.356 e. The van der Waals surface area contributed by atoms with Gasteiger partial charge in [-0.1, -0.05) is 79.3 Å². The maximum Gasteiger partial charge on any atom is 0.0484 e. The summed E-state index contributed by atoms with van der Waals surface area (Å²) in [6.45, 7) is 24.7. The molecule has 0 radical (unpaired) electrons. The molecule has 200 valence electrons. The third-order valence-corrected chi connectivity index (χ3v) is 8.08. The van der Waals surface area contributed by atoms with Gasteiger partial charge in [-0.3, -0.25) is 0 Å². The van der Waals surface area contributed by atoms with Crippen molar-refractivity contribution in [3.63, 3.8) is 0 Å². The van der Waals surface area contributed by atoms with Gasteiger partial charge in [-0.2, -0.15) is 0 Å². The van der Waals surface area contributed by atoms with E-state index in [2.05, 4.69) is 133 Å². The fourth-order valence-corrected chi connectivity index (χ4v) is 5.67. The normalized spacial score (nSPS) is 16.2. The summed E-state index contributed by atoms with van der Waals surface area (Å²) >= 11 is 0. The molecule has 1 aliphatic carbocycles. The van der Waals surface area contributed by atoms with E-state index < -0.39 is 0 Å². The van der Waals surface area contributed by atoms with Crippen molar-refractivity contribution in [3.8, 4) is 0 Å². The highest BCUT2D eigenvalue weighted by Gasteiger charge is 2.37. The Morgan fingerprint density at radius 2 is 1.42 bits per heavy atom. The smallest absolute Gasteiger partial charge is 0.0484 e. The first-order chi connectivity index (χ1) is 17.7. The number of hydrogen-bond acceptors (Lipinski definition) is 2. The second-order valence-corrected chi connectivity index (χ2v) is 13.3. The van der Waals surface area contributed by atoms with Gasteiger partial charge >= 0.3 is 0 Å². The summed E-state index contributed by atoms with van der Waals surface area (Å²) in [6, 6.07) is 22.9. The minimum atomic E-state index is 0.109. The fourth-order valence-electron chi connectivity index (χ4n) is 5.67. The molecule has 0 spiro atoms. The summed E-state index contributed by atoms with van der Waals surface area (Å²) in [5, 5.41) is 3.48. The maximum atomic E-state index is 4.16. The number of hydrogen-bond donors (Lipinski definition) is 1. The molecule has 0 bridgehead atoms. The van der Waals surface area contributed by atoms with E-state index in [1.54, 1.807) is 0 Å². The van der Waals surface area contributed by atoms with Crippen molar-refractivity contribution in [2.45, 2.75) is 91.4 Å². The number of nitrogens with one attached hydrogen (secondary N) is 1. The Kier molecular flexibility index (Phi) is 7.40. The van der Waals surface area contributed by atoms with E-state index in [0.717, 1.165) is 22.8 Å². The van der Waals surface area contributed by atoms with Gasteiger partial charge in [-0.05, 0) is 114 Å². The average molecular weight is 507 g/mol. The summed E-state index contributed by atoms with van der Waals surface area (Å²) in [5.74, 6) is 0. The van der Waals surface area contributed by atoms with Crippen LogP contribution >= 0.6 is 0 Å². The summed E-state index contributed by atoms with van der Waals surface area (Å²) < 4.78 is 0. The maximum absolute atomic E-state index is 4.16. The first-order valence-corrected chi connectivity index (χ1v) is 14.0. The van der Waals surface area contributed by atoms with Crippen molar-refractivity contribution in [1.82, 2.24) is 0 Å². The van der Waals surface area contributed by atoms with Crippen LogP contribution in [0.15, 0.2) is 85.1 Å². The van der Waals surface area contributed by atoms with Crippen LogP contribution in [0.1, 0.15) is 90.5 Å². The molecule has 3 aromatic carbocycles. The molecule has 0 aromatic heterocycles. The van der Waals surface area contributed by atoms with Gasteiger partial charge < -0.3 is 10.2 Å². The lowest BCUT2D eigenvalue weighted by Gasteiger charge is -2.42. The van der Waals surface area contributed by atoms with E-state index in [9.17, 15) is 0 Å². The van der Waals surface area contributed by atoms with E-state index >= 15 is 0 Å². The number of nitrogens with zero attached hydrogens (tertiary/aromatic N) is 1.